The topological polar surface area (TPSA) is 12.9 Å². The van der Waals surface area contributed by atoms with Gasteiger partial charge < -0.3 is 0 Å². The largest absolute Gasteiger partial charge is 0.253 e. The number of halogens is 1. The molecule has 1 heterocycles. The van der Waals surface area contributed by atoms with Crippen molar-refractivity contribution in [2.75, 3.05) is 0 Å². The van der Waals surface area contributed by atoms with Crippen molar-refractivity contribution in [1.82, 2.24) is 4.98 Å². The summed E-state index contributed by atoms with van der Waals surface area (Å²) in [7, 11) is 0. The van der Waals surface area contributed by atoms with E-state index in [4.69, 9.17) is 4.98 Å². The fraction of sp³-hybridized carbons (Fsp3) is 0.296. The van der Waals surface area contributed by atoms with Crippen LogP contribution in [0.25, 0.3) is 5.57 Å². The number of unbranched alkanes of at least 4 members (excludes halogenated alkanes) is 1. The van der Waals surface area contributed by atoms with Crippen LogP contribution in [0, 0.1) is 13.8 Å². The first kappa shape index (κ1) is 22.5. The van der Waals surface area contributed by atoms with E-state index in [1.165, 1.54) is 5.56 Å². The van der Waals surface area contributed by atoms with Crippen molar-refractivity contribution in [2.45, 2.75) is 53.4 Å². The lowest BCUT2D eigenvalue weighted by Crippen LogP contribution is -2.03. The van der Waals surface area contributed by atoms with Crippen LogP contribution in [-0.2, 0) is 6.42 Å². The number of aryl methyl sites for hydroxylation is 3. The van der Waals surface area contributed by atoms with E-state index in [0.717, 1.165) is 59.4 Å². The SMILES string of the molecule is C=C(C)/C(CCc1ccccc1)=C(\C(=CF)/C=C\CCC)c1nc(C)ccc1C. The van der Waals surface area contributed by atoms with Crippen LogP contribution in [0.15, 0.2) is 84.2 Å². The number of benzene rings is 1. The average molecular weight is 390 g/mol. The third-order valence-corrected chi connectivity index (χ3v) is 4.96. The van der Waals surface area contributed by atoms with Gasteiger partial charge in [0, 0.05) is 16.8 Å². The highest BCUT2D eigenvalue weighted by Gasteiger charge is 2.18. The molecule has 0 amide bonds. The number of hydrogen-bond donors (Lipinski definition) is 0. The second-order valence-corrected chi connectivity index (χ2v) is 7.49. The van der Waals surface area contributed by atoms with Crippen LogP contribution in [0.3, 0.4) is 0 Å². The maximum absolute atomic E-state index is 14.1. The minimum atomic E-state index is 0.561. The molecule has 0 aliphatic carbocycles. The first-order chi connectivity index (χ1) is 14.0. The normalized spacial score (nSPS) is 12.9. The summed E-state index contributed by atoms with van der Waals surface area (Å²) in [6, 6.07) is 14.4. The molecule has 0 spiro atoms. The number of nitrogens with zero attached hydrogens (tertiary/aromatic N) is 1. The molecule has 0 fully saturated rings. The van der Waals surface area contributed by atoms with E-state index in [0.29, 0.717) is 11.9 Å². The van der Waals surface area contributed by atoms with Crippen LogP contribution in [-0.4, -0.2) is 4.98 Å². The zero-order valence-electron chi connectivity index (χ0n) is 18.1. The zero-order valence-corrected chi connectivity index (χ0v) is 18.1. The number of pyridine rings is 1. The smallest absolute Gasteiger partial charge is 0.0946 e. The lowest BCUT2D eigenvalue weighted by Gasteiger charge is -2.18. The van der Waals surface area contributed by atoms with Gasteiger partial charge in [0.15, 0.2) is 0 Å². The van der Waals surface area contributed by atoms with Crippen molar-refractivity contribution in [3.8, 4) is 0 Å². The highest BCUT2D eigenvalue weighted by atomic mass is 19.1. The predicted molar refractivity (Wildman–Crippen MR) is 123 cm³/mol. The van der Waals surface area contributed by atoms with Gasteiger partial charge in [-0.2, -0.15) is 0 Å². The molecule has 2 heteroatoms. The molecule has 2 rings (SSSR count). The molecule has 0 aliphatic heterocycles. The zero-order chi connectivity index (χ0) is 21.2. The predicted octanol–water partition coefficient (Wildman–Crippen LogP) is 7.87. The molecule has 0 bridgehead atoms. The fourth-order valence-electron chi connectivity index (χ4n) is 3.35. The Morgan fingerprint density at radius 3 is 2.45 bits per heavy atom. The molecule has 1 aromatic carbocycles. The molecular formula is C27H32FN. The highest BCUT2D eigenvalue weighted by molar-refractivity contribution is 5.85. The lowest BCUT2D eigenvalue weighted by molar-refractivity contribution is 0.716. The van der Waals surface area contributed by atoms with Crippen molar-refractivity contribution in [1.29, 1.82) is 0 Å². The molecule has 0 aliphatic rings. The van der Waals surface area contributed by atoms with Crippen LogP contribution < -0.4 is 0 Å². The Morgan fingerprint density at radius 1 is 1.10 bits per heavy atom. The molecule has 1 aromatic heterocycles. The minimum Gasteiger partial charge on any atom is -0.253 e. The van der Waals surface area contributed by atoms with Crippen molar-refractivity contribution < 1.29 is 4.39 Å². The van der Waals surface area contributed by atoms with Crippen LogP contribution in [0.5, 0.6) is 0 Å². The van der Waals surface area contributed by atoms with Gasteiger partial charge >= 0.3 is 0 Å². The summed E-state index contributed by atoms with van der Waals surface area (Å²) in [5.41, 5.74) is 7.46. The van der Waals surface area contributed by atoms with E-state index in [-0.39, 0.29) is 0 Å². The minimum absolute atomic E-state index is 0.561. The van der Waals surface area contributed by atoms with Crippen LogP contribution in [0.4, 0.5) is 4.39 Å². The molecular weight excluding hydrogens is 357 g/mol. The Morgan fingerprint density at radius 2 is 1.83 bits per heavy atom. The lowest BCUT2D eigenvalue weighted by atomic mass is 9.88. The first-order valence-electron chi connectivity index (χ1n) is 10.3. The Hall–Kier alpha value is -2.74. The molecule has 0 unspecified atom stereocenters. The maximum atomic E-state index is 14.1. The van der Waals surface area contributed by atoms with Gasteiger partial charge in [0.05, 0.1) is 12.0 Å². The van der Waals surface area contributed by atoms with Gasteiger partial charge in [0.1, 0.15) is 0 Å². The van der Waals surface area contributed by atoms with Gasteiger partial charge in [-0.25, -0.2) is 4.39 Å². The quantitative estimate of drug-likeness (QED) is 0.398. The highest BCUT2D eigenvalue weighted by Crippen LogP contribution is 2.34. The van der Waals surface area contributed by atoms with E-state index < -0.39 is 0 Å². The summed E-state index contributed by atoms with van der Waals surface area (Å²) in [6.45, 7) is 12.3. The summed E-state index contributed by atoms with van der Waals surface area (Å²) in [5, 5.41) is 0. The molecule has 152 valence electrons. The van der Waals surface area contributed by atoms with Crippen molar-refractivity contribution >= 4 is 5.57 Å². The summed E-state index contributed by atoms with van der Waals surface area (Å²) in [4.78, 5) is 4.79. The third kappa shape index (κ3) is 6.39. The molecule has 0 radical (unpaired) electrons. The Bertz CT molecular complexity index is 917. The average Bonchev–Trinajstić information content (AvgIpc) is 2.72. The molecule has 0 saturated carbocycles. The van der Waals surface area contributed by atoms with Gasteiger partial charge in [0.25, 0.3) is 0 Å². The van der Waals surface area contributed by atoms with Gasteiger partial charge in [-0.15, -0.1) is 0 Å². The summed E-state index contributed by atoms with van der Waals surface area (Å²) >= 11 is 0. The number of aromatic nitrogens is 1. The van der Waals surface area contributed by atoms with Gasteiger partial charge in [-0.1, -0.05) is 74.0 Å². The summed E-state index contributed by atoms with van der Waals surface area (Å²) in [6.07, 6.45) is 8.21. The van der Waals surface area contributed by atoms with E-state index >= 15 is 0 Å². The third-order valence-electron chi connectivity index (χ3n) is 4.96. The Kier molecular flexibility index (Phi) is 8.79. The molecule has 0 saturated heterocycles. The van der Waals surface area contributed by atoms with Crippen LogP contribution in [0.2, 0.25) is 0 Å². The van der Waals surface area contributed by atoms with Gasteiger partial charge in [0.2, 0.25) is 0 Å². The van der Waals surface area contributed by atoms with Crippen molar-refractivity contribution in [3.05, 3.63) is 107 Å². The molecule has 0 atom stereocenters. The monoisotopic (exact) mass is 389 g/mol. The first-order valence-corrected chi connectivity index (χ1v) is 10.3. The maximum Gasteiger partial charge on any atom is 0.0946 e. The summed E-state index contributed by atoms with van der Waals surface area (Å²) < 4.78 is 14.1. The Balaban J connectivity index is 2.62. The van der Waals surface area contributed by atoms with E-state index in [1.807, 2.05) is 57.2 Å². The standard InChI is InChI=1S/C27H32FN/c1-6-7-9-14-24(19-28)26(27-21(4)15-16-22(5)29-27)25(20(2)3)18-17-23-12-10-8-11-13-23/h8-16,19H,2,6-7,17-18H2,1,3-5H3/b14-9-,24-19?,26-25+. The van der Waals surface area contributed by atoms with E-state index in [9.17, 15) is 4.39 Å². The van der Waals surface area contributed by atoms with Gasteiger partial charge in [-0.05, 0) is 62.8 Å². The number of hydrogen-bond acceptors (Lipinski definition) is 1. The Labute approximate surface area is 175 Å². The van der Waals surface area contributed by atoms with Crippen molar-refractivity contribution in [3.63, 3.8) is 0 Å². The number of rotatable bonds is 9. The molecule has 29 heavy (non-hydrogen) atoms. The van der Waals surface area contributed by atoms with E-state index in [1.54, 1.807) is 0 Å². The van der Waals surface area contributed by atoms with Crippen molar-refractivity contribution in [2.24, 2.45) is 0 Å². The summed E-state index contributed by atoms with van der Waals surface area (Å²) in [5.74, 6) is 0. The second-order valence-electron chi connectivity index (χ2n) is 7.49. The van der Waals surface area contributed by atoms with E-state index in [2.05, 4.69) is 31.7 Å². The molecule has 0 N–H and O–H groups in total. The van der Waals surface area contributed by atoms with Crippen LogP contribution >= 0.6 is 0 Å². The number of allylic oxidation sites excluding steroid dienone is 6. The van der Waals surface area contributed by atoms with Crippen LogP contribution in [0.1, 0.15) is 55.6 Å². The fourth-order valence-corrected chi connectivity index (χ4v) is 3.35. The second kappa shape index (κ2) is 11.3. The molecule has 1 nitrogen and oxygen atoms in total. The van der Waals surface area contributed by atoms with Gasteiger partial charge in [-0.3, -0.25) is 4.98 Å². The molecule has 2 aromatic rings.